The number of ether oxygens (including phenoxy) is 1. The third-order valence-corrected chi connectivity index (χ3v) is 4.46. The summed E-state index contributed by atoms with van der Waals surface area (Å²) in [6, 6.07) is 6.20. The van der Waals surface area contributed by atoms with E-state index in [1.165, 1.54) is 18.4 Å². The van der Waals surface area contributed by atoms with Crippen LogP contribution in [0.5, 0.6) is 5.75 Å². The van der Waals surface area contributed by atoms with E-state index in [0.29, 0.717) is 0 Å². The monoisotopic (exact) mass is 302 g/mol. The van der Waals surface area contributed by atoms with E-state index in [0.717, 1.165) is 49.9 Å². The molecule has 0 radical (unpaired) electrons. The Morgan fingerprint density at radius 2 is 1.95 bits per heavy atom. The largest absolute Gasteiger partial charge is 0.497 e. The lowest BCUT2D eigenvalue weighted by molar-refractivity contribution is 0.310. The molecule has 5 heteroatoms. The van der Waals surface area contributed by atoms with Crippen LogP contribution < -0.4 is 9.64 Å². The molecular weight excluding hydrogens is 276 g/mol. The molecule has 22 heavy (non-hydrogen) atoms. The molecule has 3 rings (SSSR count). The van der Waals surface area contributed by atoms with Gasteiger partial charge < -0.3 is 19.1 Å². The lowest BCUT2D eigenvalue weighted by atomic mass is 10.3. The number of aryl methyl sites for hydroxylation is 1. The first-order valence-electron chi connectivity index (χ1n) is 8.20. The number of rotatable bonds is 5. The molecule has 2 heterocycles. The van der Waals surface area contributed by atoms with Gasteiger partial charge >= 0.3 is 0 Å². The Morgan fingerprint density at radius 3 is 2.64 bits per heavy atom. The quantitative estimate of drug-likeness (QED) is 0.850. The molecule has 0 spiro atoms. The molecule has 0 bridgehead atoms. The third kappa shape index (κ3) is 2.90. The Morgan fingerprint density at radius 1 is 1.18 bits per heavy atom. The molecule has 0 aliphatic carbocycles. The van der Waals surface area contributed by atoms with Crippen LogP contribution in [-0.2, 0) is 6.54 Å². The van der Waals surface area contributed by atoms with Gasteiger partial charge in [0.05, 0.1) is 18.1 Å². The van der Waals surface area contributed by atoms with Crippen LogP contribution in [0.3, 0.4) is 0 Å². The summed E-state index contributed by atoms with van der Waals surface area (Å²) < 4.78 is 7.72. The number of unbranched alkanes of at least 4 members (excludes halogenated alkanes) is 1. The normalized spacial score (nSPS) is 16.4. The first-order chi connectivity index (χ1) is 10.7. The standard InChI is InChI=1S/C17H26N4O/c1-4-5-8-21-16-7-6-14(22-3)13-15(16)18-17(21)20-11-9-19(2)10-12-20/h6-7,13H,4-5,8-12H2,1-3H3. The molecule has 1 aromatic carbocycles. The summed E-state index contributed by atoms with van der Waals surface area (Å²) >= 11 is 0. The van der Waals surface area contributed by atoms with Crippen LogP contribution in [-0.4, -0.2) is 54.8 Å². The van der Waals surface area contributed by atoms with E-state index in [1.54, 1.807) is 7.11 Å². The van der Waals surface area contributed by atoms with Crippen molar-refractivity contribution in [1.29, 1.82) is 0 Å². The van der Waals surface area contributed by atoms with Crippen molar-refractivity contribution in [1.82, 2.24) is 14.5 Å². The van der Waals surface area contributed by atoms with E-state index >= 15 is 0 Å². The molecule has 0 atom stereocenters. The van der Waals surface area contributed by atoms with E-state index in [2.05, 4.69) is 34.4 Å². The number of piperazine rings is 1. The number of likely N-dealkylation sites (N-methyl/N-ethyl adjacent to an activating group) is 1. The average molecular weight is 302 g/mol. The summed E-state index contributed by atoms with van der Waals surface area (Å²) in [5.74, 6) is 1.99. The van der Waals surface area contributed by atoms with Gasteiger partial charge in [0.25, 0.3) is 0 Å². The van der Waals surface area contributed by atoms with Gasteiger partial charge in [0.2, 0.25) is 5.95 Å². The SMILES string of the molecule is CCCCn1c(N2CCN(C)CC2)nc2cc(OC)ccc21. The number of nitrogens with zero attached hydrogens (tertiary/aromatic N) is 4. The summed E-state index contributed by atoms with van der Waals surface area (Å²) in [7, 11) is 3.89. The van der Waals surface area contributed by atoms with Gasteiger partial charge in [0, 0.05) is 38.8 Å². The summed E-state index contributed by atoms with van der Waals surface area (Å²) in [6.07, 6.45) is 2.37. The van der Waals surface area contributed by atoms with Crippen molar-refractivity contribution in [3.8, 4) is 5.75 Å². The van der Waals surface area contributed by atoms with Crippen LogP contribution >= 0.6 is 0 Å². The van der Waals surface area contributed by atoms with E-state index in [1.807, 2.05) is 12.1 Å². The summed E-state index contributed by atoms with van der Waals surface area (Å²) in [5.41, 5.74) is 2.24. The van der Waals surface area contributed by atoms with Gasteiger partial charge in [-0.15, -0.1) is 0 Å². The van der Waals surface area contributed by atoms with Crippen LogP contribution in [0, 0.1) is 0 Å². The molecule has 1 aliphatic rings. The van der Waals surface area contributed by atoms with Crippen LogP contribution in [0.15, 0.2) is 18.2 Å². The fourth-order valence-corrected chi connectivity index (χ4v) is 3.01. The zero-order valence-corrected chi connectivity index (χ0v) is 13.9. The molecule has 1 saturated heterocycles. The second-order valence-electron chi connectivity index (χ2n) is 6.06. The van der Waals surface area contributed by atoms with Gasteiger partial charge in [-0.3, -0.25) is 0 Å². The number of anilines is 1. The molecular formula is C17H26N4O. The van der Waals surface area contributed by atoms with Crippen molar-refractivity contribution >= 4 is 17.0 Å². The van der Waals surface area contributed by atoms with Gasteiger partial charge in [-0.25, -0.2) is 4.98 Å². The molecule has 1 aromatic heterocycles. The smallest absolute Gasteiger partial charge is 0.206 e. The molecule has 1 fully saturated rings. The van der Waals surface area contributed by atoms with Gasteiger partial charge in [-0.1, -0.05) is 13.3 Å². The first kappa shape index (κ1) is 15.2. The maximum absolute atomic E-state index is 5.34. The summed E-state index contributed by atoms with van der Waals surface area (Å²) in [4.78, 5) is 9.71. The maximum atomic E-state index is 5.34. The molecule has 0 saturated carbocycles. The average Bonchev–Trinajstić information content (AvgIpc) is 2.91. The molecule has 5 nitrogen and oxygen atoms in total. The van der Waals surface area contributed by atoms with Gasteiger partial charge in [0.1, 0.15) is 5.75 Å². The summed E-state index contributed by atoms with van der Waals surface area (Å²) in [6.45, 7) is 7.55. The first-order valence-corrected chi connectivity index (χ1v) is 8.20. The number of aromatic nitrogens is 2. The van der Waals surface area contributed by atoms with Crippen molar-refractivity contribution in [3.05, 3.63) is 18.2 Å². The Hall–Kier alpha value is -1.75. The molecule has 2 aromatic rings. The van der Waals surface area contributed by atoms with E-state index in [9.17, 15) is 0 Å². The number of hydrogen-bond donors (Lipinski definition) is 0. The van der Waals surface area contributed by atoms with E-state index in [4.69, 9.17) is 9.72 Å². The lowest BCUT2D eigenvalue weighted by Gasteiger charge is -2.33. The minimum absolute atomic E-state index is 0.873. The zero-order valence-electron chi connectivity index (χ0n) is 13.9. The zero-order chi connectivity index (χ0) is 15.5. The fourth-order valence-electron chi connectivity index (χ4n) is 3.01. The van der Waals surface area contributed by atoms with Gasteiger partial charge in [-0.2, -0.15) is 0 Å². The van der Waals surface area contributed by atoms with Crippen LogP contribution in [0.1, 0.15) is 19.8 Å². The lowest BCUT2D eigenvalue weighted by Crippen LogP contribution is -2.45. The molecule has 120 valence electrons. The fraction of sp³-hybridized carbons (Fsp3) is 0.588. The Labute approximate surface area is 132 Å². The molecule has 1 aliphatic heterocycles. The number of hydrogen-bond acceptors (Lipinski definition) is 4. The van der Waals surface area contributed by atoms with Gasteiger partial charge in [0.15, 0.2) is 0 Å². The molecule has 0 unspecified atom stereocenters. The van der Waals surface area contributed by atoms with Crippen LogP contribution in [0.2, 0.25) is 0 Å². The van der Waals surface area contributed by atoms with Crippen molar-refractivity contribution in [2.45, 2.75) is 26.3 Å². The van der Waals surface area contributed by atoms with E-state index < -0.39 is 0 Å². The third-order valence-electron chi connectivity index (χ3n) is 4.46. The highest BCUT2D eigenvalue weighted by Gasteiger charge is 2.20. The highest BCUT2D eigenvalue weighted by molar-refractivity contribution is 5.80. The highest BCUT2D eigenvalue weighted by Crippen LogP contribution is 2.27. The predicted octanol–water partition coefficient (Wildman–Crippen LogP) is 2.60. The number of methoxy groups -OCH3 is 1. The Kier molecular flexibility index (Phi) is 4.52. The Balaban J connectivity index is 1.99. The van der Waals surface area contributed by atoms with Crippen LogP contribution in [0.25, 0.3) is 11.0 Å². The minimum Gasteiger partial charge on any atom is -0.497 e. The van der Waals surface area contributed by atoms with Crippen molar-refractivity contribution in [3.63, 3.8) is 0 Å². The van der Waals surface area contributed by atoms with E-state index in [-0.39, 0.29) is 0 Å². The Bertz CT molecular complexity index is 629. The second-order valence-corrected chi connectivity index (χ2v) is 6.06. The minimum atomic E-state index is 0.873. The van der Waals surface area contributed by atoms with Crippen LogP contribution in [0.4, 0.5) is 5.95 Å². The molecule has 0 amide bonds. The number of imidazole rings is 1. The summed E-state index contributed by atoms with van der Waals surface area (Å²) in [5, 5.41) is 0. The van der Waals surface area contributed by atoms with Crippen molar-refractivity contribution < 1.29 is 4.74 Å². The maximum Gasteiger partial charge on any atom is 0.206 e. The van der Waals surface area contributed by atoms with Gasteiger partial charge in [-0.05, 0) is 25.6 Å². The molecule has 0 N–H and O–H groups in total. The second kappa shape index (κ2) is 6.57. The highest BCUT2D eigenvalue weighted by atomic mass is 16.5. The van der Waals surface area contributed by atoms with Crippen molar-refractivity contribution in [2.75, 3.05) is 45.2 Å². The number of fused-ring (bicyclic) bond motifs is 1. The van der Waals surface area contributed by atoms with Crippen molar-refractivity contribution in [2.24, 2.45) is 0 Å². The topological polar surface area (TPSA) is 33.5 Å². The predicted molar refractivity (Wildman–Crippen MR) is 90.9 cm³/mol. The number of benzene rings is 1.